The summed E-state index contributed by atoms with van der Waals surface area (Å²) in [5.41, 5.74) is -1.38. The Balaban J connectivity index is 1.92. The topological polar surface area (TPSA) is 90.2 Å². The van der Waals surface area contributed by atoms with E-state index in [2.05, 4.69) is 20.8 Å². The predicted molar refractivity (Wildman–Crippen MR) is 95.0 cm³/mol. The van der Waals surface area contributed by atoms with Gasteiger partial charge in [-0.25, -0.2) is 0 Å². The largest absolute Gasteiger partial charge is 0.396 e. The summed E-state index contributed by atoms with van der Waals surface area (Å²) in [5, 5.41) is 39.7. The van der Waals surface area contributed by atoms with E-state index < -0.39 is 23.9 Å². The second-order valence-electron chi connectivity index (χ2n) is 9.69. The van der Waals surface area contributed by atoms with Crippen molar-refractivity contribution in [1.82, 2.24) is 0 Å². The molecule has 0 amide bonds. The summed E-state index contributed by atoms with van der Waals surface area (Å²) >= 11 is 0. The fraction of sp³-hybridized carbons (Fsp3) is 1.00. The van der Waals surface area contributed by atoms with Crippen molar-refractivity contribution in [2.75, 3.05) is 19.8 Å². The number of ether oxygens (including phenoxy) is 1. The zero-order valence-corrected chi connectivity index (χ0v) is 16.0. The third-order valence-electron chi connectivity index (χ3n) is 8.26. The molecule has 146 valence electrons. The van der Waals surface area contributed by atoms with Gasteiger partial charge in [-0.15, -0.1) is 0 Å². The minimum absolute atomic E-state index is 0.0234. The number of aliphatic hydroxyl groups is 4. The zero-order valence-electron chi connectivity index (χ0n) is 16.0. The molecule has 3 aliphatic rings. The van der Waals surface area contributed by atoms with Crippen LogP contribution in [-0.2, 0) is 4.74 Å². The molecule has 1 aliphatic heterocycles. The first-order chi connectivity index (χ1) is 11.7. The lowest BCUT2D eigenvalue weighted by Crippen LogP contribution is -2.67. The van der Waals surface area contributed by atoms with Crippen molar-refractivity contribution < 1.29 is 25.2 Å². The number of hydrogen-bond donors (Lipinski definition) is 4. The zero-order chi connectivity index (χ0) is 18.5. The van der Waals surface area contributed by atoms with Crippen LogP contribution < -0.4 is 0 Å². The van der Waals surface area contributed by atoms with E-state index in [4.69, 9.17) is 4.74 Å². The Kier molecular flexibility index (Phi) is 5.05. The van der Waals surface area contributed by atoms with Crippen LogP contribution in [0.1, 0.15) is 65.7 Å². The Morgan fingerprint density at radius 1 is 0.920 bits per heavy atom. The molecule has 0 bridgehead atoms. The highest BCUT2D eigenvalue weighted by atomic mass is 16.6. The molecule has 1 heterocycles. The second-order valence-corrected chi connectivity index (χ2v) is 9.69. The van der Waals surface area contributed by atoms with Gasteiger partial charge in [-0.3, -0.25) is 0 Å². The smallest absolute Gasteiger partial charge is 0.120 e. The molecule has 2 saturated carbocycles. The van der Waals surface area contributed by atoms with E-state index in [1.54, 1.807) is 0 Å². The monoisotopic (exact) mass is 356 g/mol. The second kappa shape index (κ2) is 6.45. The van der Waals surface area contributed by atoms with Crippen LogP contribution in [0.2, 0.25) is 0 Å². The Morgan fingerprint density at radius 3 is 2.20 bits per heavy atom. The van der Waals surface area contributed by atoms with Gasteiger partial charge in [0.25, 0.3) is 0 Å². The molecule has 4 N–H and O–H groups in total. The van der Waals surface area contributed by atoms with Crippen molar-refractivity contribution in [2.45, 2.75) is 83.0 Å². The number of hydrogen-bond acceptors (Lipinski definition) is 5. The molecular formula is C20H36O5. The molecule has 3 rings (SSSR count). The number of aliphatic hydroxyl groups excluding tert-OH is 4. The van der Waals surface area contributed by atoms with E-state index in [1.165, 1.54) is 0 Å². The fourth-order valence-electron chi connectivity index (χ4n) is 6.88. The first-order valence-electron chi connectivity index (χ1n) is 9.90. The van der Waals surface area contributed by atoms with Gasteiger partial charge in [0.05, 0.1) is 18.8 Å². The first-order valence-corrected chi connectivity index (χ1v) is 9.90. The lowest BCUT2D eigenvalue weighted by atomic mass is 9.44. The highest BCUT2D eigenvalue weighted by Gasteiger charge is 2.63. The van der Waals surface area contributed by atoms with Gasteiger partial charge >= 0.3 is 0 Å². The van der Waals surface area contributed by atoms with E-state index in [9.17, 15) is 20.4 Å². The van der Waals surface area contributed by atoms with E-state index in [0.29, 0.717) is 18.3 Å². The molecule has 3 fully saturated rings. The molecule has 1 unspecified atom stereocenters. The van der Waals surface area contributed by atoms with Gasteiger partial charge < -0.3 is 25.2 Å². The van der Waals surface area contributed by atoms with Crippen molar-refractivity contribution >= 4 is 0 Å². The molecule has 0 aromatic rings. The van der Waals surface area contributed by atoms with Gasteiger partial charge in [0.1, 0.15) is 11.7 Å². The minimum Gasteiger partial charge on any atom is -0.396 e. The normalized spacial score (nSPS) is 51.5. The summed E-state index contributed by atoms with van der Waals surface area (Å²) in [6, 6.07) is 0. The van der Waals surface area contributed by atoms with Crippen LogP contribution in [0.15, 0.2) is 0 Å². The molecule has 7 atom stereocenters. The SMILES string of the molecule is C[C@]1(CO)CCC[C@]2(C)[C@H]3CC[C@](CO)(C(O)CO)O[C@]3(C)CC[C@@H]12. The van der Waals surface area contributed by atoms with Crippen LogP contribution in [0.4, 0.5) is 0 Å². The number of fused-ring (bicyclic) bond motifs is 3. The van der Waals surface area contributed by atoms with Crippen molar-refractivity contribution in [3.8, 4) is 0 Å². The average molecular weight is 357 g/mol. The maximum absolute atomic E-state index is 10.3. The summed E-state index contributed by atoms with van der Waals surface area (Å²) in [4.78, 5) is 0. The molecule has 5 nitrogen and oxygen atoms in total. The van der Waals surface area contributed by atoms with Crippen LogP contribution in [0.25, 0.3) is 0 Å². The Bertz CT molecular complexity index is 498. The lowest BCUT2D eigenvalue weighted by Gasteiger charge is -2.66. The number of rotatable bonds is 4. The molecule has 1 saturated heterocycles. The summed E-state index contributed by atoms with van der Waals surface area (Å²) in [6.45, 7) is 6.29. The van der Waals surface area contributed by atoms with E-state index in [-0.39, 0.29) is 24.0 Å². The van der Waals surface area contributed by atoms with Gasteiger partial charge in [0.15, 0.2) is 0 Å². The van der Waals surface area contributed by atoms with Crippen LogP contribution in [-0.4, -0.2) is 57.6 Å². The average Bonchev–Trinajstić information content (AvgIpc) is 2.59. The summed E-state index contributed by atoms with van der Waals surface area (Å²) in [7, 11) is 0. The molecule has 0 aromatic carbocycles. The lowest BCUT2D eigenvalue weighted by molar-refractivity contribution is -0.302. The summed E-state index contributed by atoms with van der Waals surface area (Å²) < 4.78 is 6.46. The van der Waals surface area contributed by atoms with Gasteiger partial charge in [0.2, 0.25) is 0 Å². The van der Waals surface area contributed by atoms with Crippen molar-refractivity contribution in [3.63, 3.8) is 0 Å². The molecule has 25 heavy (non-hydrogen) atoms. The molecule has 2 aliphatic carbocycles. The Labute approximate surface area is 151 Å². The van der Waals surface area contributed by atoms with E-state index in [0.717, 1.165) is 38.5 Å². The molecular weight excluding hydrogens is 320 g/mol. The van der Waals surface area contributed by atoms with Crippen molar-refractivity contribution in [1.29, 1.82) is 0 Å². The van der Waals surface area contributed by atoms with Gasteiger partial charge in [-0.2, -0.15) is 0 Å². The van der Waals surface area contributed by atoms with Crippen molar-refractivity contribution in [3.05, 3.63) is 0 Å². The van der Waals surface area contributed by atoms with Crippen LogP contribution in [0.5, 0.6) is 0 Å². The third-order valence-corrected chi connectivity index (χ3v) is 8.26. The molecule has 0 aromatic heterocycles. The summed E-state index contributed by atoms with van der Waals surface area (Å²) in [5.74, 6) is 0.820. The molecule has 5 heteroatoms. The predicted octanol–water partition coefficient (Wildman–Crippen LogP) is 1.85. The highest BCUT2D eigenvalue weighted by Crippen LogP contribution is 2.65. The fourth-order valence-corrected chi connectivity index (χ4v) is 6.88. The van der Waals surface area contributed by atoms with Gasteiger partial charge in [-0.05, 0) is 68.1 Å². The van der Waals surface area contributed by atoms with E-state index >= 15 is 0 Å². The molecule has 0 spiro atoms. The summed E-state index contributed by atoms with van der Waals surface area (Å²) in [6.07, 6.45) is 5.59. The Hall–Kier alpha value is -0.200. The maximum Gasteiger partial charge on any atom is 0.120 e. The van der Waals surface area contributed by atoms with Gasteiger partial charge in [-0.1, -0.05) is 20.3 Å². The van der Waals surface area contributed by atoms with Crippen LogP contribution in [0.3, 0.4) is 0 Å². The first kappa shape index (κ1) is 19.6. The van der Waals surface area contributed by atoms with Crippen LogP contribution >= 0.6 is 0 Å². The van der Waals surface area contributed by atoms with Gasteiger partial charge in [0, 0.05) is 6.61 Å². The van der Waals surface area contributed by atoms with E-state index in [1.807, 2.05) is 0 Å². The Morgan fingerprint density at radius 2 is 1.60 bits per heavy atom. The molecule has 0 radical (unpaired) electrons. The highest BCUT2D eigenvalue weighted by molar-refractivity contribution is 5.12. The third kappa shape index (κ3) is 2.78. The maximum atomic E-state index is 10.3. The van der Waals surface area contributed by atoms with Crippen molar-refractivity contribution in [2.24, 2.45) is 22.7 Å². The van der Waals surface area contributed by atoms with Crippen LogP contribution in [0, 0.1) is 22.7 Å². The standard InChI is InChI=1S/C20H36O5/c1-17(12-22)7-4-8-18(2)14(17)5-9-19(3)15(18)6-10-20(13-23,25-19)16(24)11-21/h14-16,21-24H,4-13H2,1-3H3/t14-,15+,16?,17+,18-,19+,20-/m0/s1. The minimum atomic E-state index is -1.06. The quantitative estimate of drug-likeness (QED) is 0.617.